The lowest BCUT2D eigenvalue weighted by Gasteiger charge is -2.28. The largest absolute Gasteiger partial charge is 0.465 e. The van der Waals surface area contributed by atoms with Crippen LogP contribution in [0.5, 0.6) is 0 Å². The maximum atomic E-state index is 13.5. The van der Waals surface area contributed by atoms with E-state index >= 15 is 0 Å². The van der Waals surface area contributed by atoms with E-state index < -0.39 is 27.0 Å². The average molecular weight is 536 g/mol. The number of para-hydroxylation sites is 1. The fourth-order valence-electron chi connectivity index (χ4n) is 4.05. The van der Waals surface area contributed by atoms with Crippen molar-refractivity contribution >= 4 is 38.4 Å². The van der Waals surface area contributed by atoms with Gasteiger partial charge in [-0.25, -0.2) is 23.2 Å². The molecular weight excluding hydrogens is 510 g/mol. The highest BCUT2D eigenvalue weighted by Gasteiger charge is 2.28. The molecule has 0 spiro atoms. The zero-order valence-corrected chi connectivity index (χ0v) is 21.5. The van der Waals surface area contributed by atoms with Gasteiger partial charge < -0.3 is 10.1 Å². The first-order valence-electron chi connectivity index (χ1n) is 11.6. The zero-order chi connectivity index (χ0) is 27.3. The summed E-state index contributed by atoms with van der Waals surface area (Å²) >= 11 is 0. The number of anilines is 1. The fraction of sp³-hybridized carbons (Fsp3) is 0.192. The number of hydrogen-bond acceptors (Lipinski definition) is 9. The molecule has 0 fully saturated rings. The lowest BCUT2D eigenvalue weighted by Crippen LogP contribution is -2.36. The third-order valence-corrected chi connectivity index (χ3v) is 7.96. The summed E-state index contributed by atoms with van der Waals surface area (Å²) in [7, 11) is -2.69. The molecule has 12 heteroatoms. The molecule has 0 aliphatic carbocycles. The van der Waals surface area contributed by atoms with Crippen molar-refractivity contribution in [3.8, 4) is 0 Å². The summed E-state index contributed by atoms with van der Waals surface area (Å²) in [5.74, 6) is -0.121. The summed E-state index contributed by atoms with van der Waals surface area (Å²) in [5.41, 5.74) is 1.29. The number of ether oxygens (including phenoxy) is 1. The number of non-ortho nitro benzene ring substituents is 1. The Morgan fingerprint density at radius 2 is 1.76 bits per heavy atom. The Morgan fingerprint density at radius 3 is 2.39 bits per heavy atom. The van der Waals surface area contributed by atoms with Crippen molar-refractivity contribution in [1.82, 2.24) is 14.3 Å². The van der Waals surface area contributed by atoms with Gasteiger partial charge in [0.1, 0.15) is 12.1 Å². The average Bonchev–Trinajstić information content (AvgIpc) is 2.94. The molecule has 11 nitrogen and oxygen atoms in total. The molecule has 0 unspecified atom stereocenters. The van der Waals surface area contributed by atoms with E-state index in [9.17, 15) is 23.3 Å². The van der Waals surface area contributed by atoms with E-state index in [-0.39, 0.29) is 29.2 Å². The van der Waals surface area contributed by atoms with Crippen LogP contribution in [0.3, 0.4) is 0 Å². The Labute approximate surface area is 219 Å². The third kappa shape index (κ3) is 5.45. The number of nitro benzene ring substituents is 1. The Kier molecular flexibility index (Phi) is 7.93. The van der Waals surface area contributed by atoms with Gasteiger partial charge in [0.25, 0.3) is 5.69 Å². The van der Waals surface area contributed by atoms with E-state index in [0.717, 1.165) is 5.56 Å². The highest BCUT2D eigenvalue weighted by atomic mass is 32.2. The lowest BCUT2D eigenvalue weighted by molar-refractivity contribution is -0.384. The van der Waals surface area contributed by atoms with E-state index in [1.165, 1.54) is 42.0 Å². The van der Waals surface area contributed by atoms with Crippen molar-refractivity contribution in [2.45, 2.75) is 17.9 Å². The van der Waals surface area contributed by atoms with Crippen molar-refractivity contribution in [3.05, 3.63) is 100 Å². The number of aromatic nitrogens is 2. The fourth-order valence-corrected chi connectivity index (χ4v) is 5.52. The monoisotopic (exact) mass is 535 g/mol. The van der Waals surface area contributed by atoms with E-state index in [1.54, 1.807) is 25.1 Å². The molecule has 4 aromatic rings. The molecule has 196 valence electrons. The van der Waals surface area contributed by atoms with Crippen molar-refractivity contribution < 1.29 is 22.9 Å². The predicted molar refractivity (Wildman–Crippen MR) is 141 cm³/mol. The van der Waals surface area contributed by atoms with Crippen LogP contribution in [0.1, 0.15) is 28.9 Å². The van der Waals surface area contributed by atoms with Crippen LogP contribution in [-0.2, 0) is 14.8 Å². The molecule has 0 radical (unpaired) electrons. The number of nitrogens with one attached hydrogen (secondary N) is 1. The molecule has 3 aromatic carbocycles. The first-order valence-corrected chi connectivity index (χ1v) is 13.1. The number of esters is 1. The van der Waals surface area contributed by atoms with Gasteiger partial charge in [-0.15, -0.1) is 0 Å². The Morgan fingerprint density at radius 1 is 1.05 bits per heavy atom. The molecule has 0 aliphatic rings. The second kappa shape index (κ2) is 11.3. The highest BCUT2D eigenvalue weighted by Crippen LogP contribution is 2.28. The summed E-state index contributed by atoms with van der Waals surface area (Å²) in [6.45, 7) is 1.90. The number of carbonyl (C=O) groups excluding carboxylic acids is 1. The molecule has 0 bridgehead atoms. The molecule has 4 rings (SSSR count). The van der Waals surface area contributed by atoms with Crippen LogP contribution in [0.2, 0.25) is 0 Å². The van der Waals surface area contributed by atoms with Crippen LogP contribution >= 0.6 is 0 Å². The summed E-state index contributed by atoms with van der Waals surface area (Å²) in [6, 6.07) is 18.6. The first kappa shape index (κ1) is 26.6. The molecule has 38 heavy (non-hydrogen) atoms. The number of nitro groups is 1. The minimum absolute atomic E-state index is 0.0298. The third-order valence-electron chi connectivity index (χ3n) is 6.01. The van der Waals surface area contributed by atoms with Crippen LogP contribution in [0.15, 0.2) is 84.0 Å². The van der Waals surface area contributed by atoms with Gasteiger partial charge in [-0.1, -0.05) is 43.3 Å². The standard InChI is InChI=1S/C26H25N5O6S/c1-3-30(38(35,36)20-14-12-19(13-15-20)31(33)34)16-23(18-8-5-4-6-9-18)29-25-21-10-7-11-22(26(32)37-2)24(21)27-17-28-25/h4-15,17,23H,3,16H2,1-2H3,(H,27,28,29)/t23-/m1/s1. The Hall–Kier alpha value is -4.42. The number of nitrogens with zero attached hydrogens (tertiary/aromatic N) is 4. The summed E-state index contributed by atoms with van der Waals surface area (Å²) in [5, 5.41) is 14.9. The Balaban J connectivity index is 1.72. The maximum Gasteiger partial charge on any atom is 0.340 e. The number of sulfonamides is 1. The first-order chi connectivity index (χ1) is 18.3. The van der Waals surface area contributed by atoms with Crippen LogP contribution < -0.4 is 5.32 Å². The highest BCUT2D eigenvalue weighted by molar-refractivity contribution is 7.89. The minimum atomic E-state index is -3.98. The predicted octanol–water partition coefficient (Wildman–Crippen LogP) is 4.19. The molecule has 0 aliphatic heterocycles. The van der Waals surface area contributed by atoms with Gasteiger partial charge in [0.15, 0.2) is 0 Å². The maximum absolute atomic E-state index is 13.5. The Bertz CT molecular complexity index is 1560. The van der Waals surface area contributed by atoms with Crippen molar-refractivity contribution in [3.63, 3.8) is 0 Å². The van der Waals surface area contributed by atoms with Gasteiger partial charge in [0.2, 0.25) is 10.0 Å². The number of methoxy groups -OCH3 is 1. The smallest absolute Gasteiger partial charge is 0.340 e. The number of rotatable bonds is 10. The van der Waals surface area contributed by atoms with Crippen LogP contribution in [-0.4, -0.2) is 53.8 Å². The molecule has 1 aromatic heterocycles. The molecule has 0 saturated carbocycles. The van der Waals surface area contributed by atoms with Crippen LogP contribution in [0.4, 0.5) is 11.5 Å². The van der Waals surface area contributed by atoms with E-state index in [1.807, 2.05) is 30.3 Å². The number of carbonyl (C=O) groups is 1. The second-order valence-electron chi connectivity index (χ2n) is 8.23. The lowest BCUT2D eigenvalue weighted by atomic mass is 10.1. The molecule has 0 amide bonds. The normalized spacial score (nSPS) is 12.3. The number of hydrogen-bond donors (Lipinski definition) is 1. The SMILES string of the molecule is CCN(C[C@@H](Nc1ncnc2c(C(=O)OC)cccc12)c1ccccc1)S(=O)(=O)c1ccc([N+](=O)[O-])cc1. The van der Waals surface area contributed by atoms with Gasteiger partial charge >= 0.3 is 5.97 Å². The van der Waals surface area contributed by atoms with Gasteiger partial charge in [0.05, 0.1) is 34.1 Å². The van der Waals surface area contributed by atoms with Crippen molar-refractivity contribution in [2.24, 2.45) is 0 Å². The van der Waals surface area contributed by atoms with E-state index in [2.05, 4.69) is 15.3 Å². The summed E-state index contributed by atoms with van der Waals surface area (Å²) in [6.07, 6.45) is 1.32. The summed E-state index contributed by atoms with van der Waals surface area (Å²) < 4.78 is 33.1. The molecule has 1 heterocycles. The molecule has 1 N–H and O–H groups in total. The van der Waals surface area contributed by atoms with Gasteiger partial charge in [-0.05, 0) is 29.8 Å². The topological polar surface area (TPSA) is 145 Å². The van der Waals surface area contributed by atoms with Crippen molar-refractivity contribution in [1.29, 1.82) is 0 Å². The van der Waals surface area contributed by atoms with E-state index in [0.29, 0.717) is 16.7 Å². The van der Waals surface area contributed by atoms with Crippen molar-refractivity contribution in [2.75, 3.05) is 25.5 Å². The van der Waals surface area contributed by atoms with Gasteiger partial charge in [-0.2, -0.15) is 4.31 Å². The van der Waals surface area contributed by atoms with Crippen LogP contribution in [0, 0.1) is 10.1 Å². The number of benzene rings is 3. The number of fused-ring (bicyclic) bond motifs is 1. The van der Waals surface area contributed by atoms with Crippen LogP contribution in [0.25, 0.3) is 10.9 Å². The molecule has 1 atom stereocenters. The molecular formula is C26H25N5O6S. The minimum Gasteiger partial charge on any atom is -0.465 e. The zero-order valence-electron chi connectivity index (χ0n) is 20.6. The molecule has 0 saturated heterocycles. The number of likely N-dealkylation sites (N-methyl/N-ethyl adjacent to an activating group) is 1. The summed E-state index contributed by atoms with van der Waals surface area (Å²) in [4.78, 5) is 31.3. The van der Waals surface area contributed by atoms with E-state index in [4.69, 9.17) is 4.74 Å². The van der Waals surface area contributed by atoms with Gasteiger partial charge in [-0.3, -0.25) is 10.1 Å². The van der Waals surface area contributed by atoms with Gasteiger partial charge in [0, 0.05) is 30.6 Å². The quantitative estimate of drug-likeness (QED) is 0.179. The second-order valence-corrected chi connectivity index (χ2v) is 10.2.